The van der Waals surface area contributed by atoms with Gasteiger partial charge in [-0.1, -0.05) is 25.5 Å². The Balaban J connectivity index is 0.00000106. The first kappa shape index (κ1) is 17.2. The smallest absolute Gasteiger partial charge is 0.253 e. The molecule has 1 aliphatic rings. The summed E-state index contributed by atoms with van der Waals surface area (Å²) in [5.41, 5.74) is 2.02. The summed E-state index contributed by atoms with van der Waals surface area (Å²) in [7, 11) is 0. The normalized spacial score (nSPS) is 14.3. The molecule has 1 saturated heterocycles. The summed E-state index contributed by atoms with van der Waals surface area (Å²) in [5, 5.41) is 0. The van der Waals surface area contributed by atoms with Gasteiger partial charge in [0.1, 0.15) is 5.78 Å². The molecule has 0 bridgehead atoms. The highest BCUT2D eigenvalue weighted by Gasteiger charge is 2.21. The van der Waals surface area contributed by atoms with Crippen molar-refractivity contribution in [2.24, 2.45) is 0 Å². The zero-order chi connectivity index (χ0) is 15.7. The summed E-state index contributed by atoms with van der Waals surface area (Å²) >= 11 is 0. The van der Waals surface area contributed by atoms with Crippen molar-refractivity contribution in [3.63, 3.8) is 0 Å². The predicted octanol–water partition coefficient (Wildman–Crippen LogP) is 3.64. The number of piperidine rings is 1. The van der Waals surface area contributed by atoms with Gasteiger partial charge < -0.3 is 4.90 Å². The van der Waals surface area contributed by atoms with E-state index in [0.717, 1.165) is 12.0 Å². The van der Waals surface area contributed by atoms with Crippen LogP contribution in [0.2, 0.25) is 0 Å². The maximum absolute atomic E-state index is 12.2. The molecule has 3 nitrogen and oxygen atoms in total. The van der Waals surface area contributed by atoms with Crippen LogP contribution in [0.4, 0.5) is 0 Å². The lowest BCUT2D eigenvalue weighted by Crippen LogP contribution is -2.38. The Hall–Kier alpha value is -1.90. The molecule has 1 fully saturated rings. The molecule has 0 spiro atoms. The fourth-order valence-corrected chi connectivity index (χ4v) is 2.34. The number of unbranched alkanes of at least 4 members (excludes halogenated alkanes) is 1. The molecule has 3 heteroatoms. The summed E-state index contributed by atoms with van der Waals surface area (Å²) in [5.74, 6) is 0.313. The van der Waals surface area contributed by atoms with Gasteiger partial charge in [0.15, 0.2) is 0 Å². The molecule has 0 aromatic heterocycles. The first-order valence-electron chi connectivity index (χ1n) is 7.60. The largest absolute Gasteiger partial charge is 0.338 e. The number of carbonyl (C=O) groups excluding carboxylic acids is 2. The van der Waals surface area contributed by atoms with Gasteiger partial charge in [0.25, 0.3) is 5.91 Å². The van der Waals surface area contributed by atoms with Crippen molar-refractivity contribution in [2.75, 3.05) is 13.1 Å². The molecule has 114 valence electrons. The van der Waals surface area contributed by atoms with Crippen molar-refractivity contribution in [3.8, 4) is 0 Å². The number of hydrogen-bond acceptors (Lipinski definition) is 2. The van der Waals surface area contributed by atoms with Crippen molar-refractivity contribution >= 4 is 11.7 Å². The zero-order valence-corrected chi connectivity index (χ0v) is 12.9. The minimum absolute atomic E-state index is 0.0505. The summed E-state index contributed by atoms with van der Waals surface area (Å²) in [6.45, 7) is 9.31. The van der Waals surface area contributed by atoms with E-state index in [1.165, 1.54) is 18.4 Å². The molecule has 1 aliphatic heterocycles. The van der Waals surface area contributed by atoms with E-state index in [2.05, 4.69) is 20.1 Å². The topological polar surface area (TPSA) is 37.4 Å². The van der Waals surface area contributed by atoms with Crippen molar-refractivity contribution in [2.45, 2.75) is 39.0 Å². The molecule has 0 unspecified atom stereocenters. The molecular formula is C18H25NO2. The lowest BCUT2D eigenvalue weighted by molar-refractivity contribution is -0.120. The molecule has 0 N–H and O–H groups in total. The molecular weight excluding hydrogens is 262 g/mol. The van der Waals surface area contributed by atoms with Crippen LogP contribution in [0.15, 0.2) is 37.4 Å². The Bertz CT molecular complexity index is 455. The van der Waals surface area contributed by atoms with Gasteiger partial charge in [0, 0.05) is 31.5 Å². The zero-order valence-electron chi connectivity index (χ0n) is 12.9. The number of amides is 1. The number of rotatable bonds is 4. The number of hydrogen-bond donors (Lipinski definition) is 0. The van der Waals surface area contributed by atoms with E-state index < -0.39 is 0 Å². The van der Waals surface area contributed by atoms with Crippen LogP contribution in [0, 0.1) is 0 Å². The highest BCUT2D eigenvalue weighted by Crippen LogP contribution is 2.13. The number of ketones is 1. The first-order chi connectivity index (χ1) is 10.2. The van der Waals surface area contributed by atoms with Crippen LogP contribution in [0.3, 0.4) is 0 Å². The number of nitrogens with zero attached hydrogens (tertiary/aromatic N) is 1. The Labute approximate surface area is 127 Å². The highest BCUT2D eigenvalue weighted by molar-refractivity contribution is 5.95. The maximum Gasteiger partial charge on any atom is 0.253 e. The van der Waals surface area contributed by atoms with Gasteiger partial charge in [0.2, 0.25) is 0 Å². The van der Waals surface area contributed by atoms with E-state index in [4.69, 9.17) is 0 Å². The second-order valence-corrected chi connectivity index (χ2v) is 5.13. The quantitative estimate of drug-likeness (QED) is 0.793. The van der Waals surface area contributed by atoms with Crippen LogP contribution in [-0.4, -0.2) is 29.7 Å². The van der Waals surface area contributed by atoms with Crippen LogP contribution < -0.4 is 0 Å². The van der Waals surface area contributed by atoms with Gasteiger partial charge in [-0.2, -0.15) is 0 Å². The third-order valence-electron chi connectivity index (χ3n) is 3.63. The van der Waals surface area contributed by atoms with Crippen LogP contribution in [-0.2, 0) is 11.2 Å². The highest BCUT2D eigenvalue weighted by atomic mass is 16.2. The van der Waals surface area contributed by atoms with Crippen molar-refractivity contribution < 1.29 is 9.59 Å². The third-order valence-corrected chi connectivity index (χ3v) is 3.63. The number of likely N-dealkylation sites (tertiary alicyclic amines) is 1. The van der Waals surface area contributed by atoms with Crippen LogP contribution in [0.1, 0.15) is 48.5 Å². The number of benzene rings is 1. The number of carbonyl (C=O) groups is 2. The van der Waals surface area contributed by atoms with E-state index in [1.807, 2.05) is 24.3 Å². The summed E-state index contributed by atoms with van der Waals surface area (Å²) in [4.78, 5) is 25.2. The molecule has 0 radical (unpaired) electrons. The summed E-state index contributed by atoms with van der Waals surface area (Å²) in [6.07, 6.45) is 4.44. The Morgan fingerprint density at radius 3 is 2.24 bits per heavy atom. The number of Topliss-reactive ketones (excluding diaryl/α,β-unsaturated/α-hetero) is 1. The Morgan fingerprint density at radius 2 is 1.71 bits per heavy atom. The molecule has 1 heterocycles. The van der Waals surface area contributed by atoms with Gasteiger partial charge in [-0.05, 0) is 30.5 Å². The van der Waals surface area contributed by atoms with Crippen LogP contribution >= 0.6 is 0 Å². The molecule has 1 amide bonds. The molecule has 0 saturated carbocycles. The second kappa shape index (κ2) is 9.11. The molecule has 0 atom stereocenters. The lowest BCUT2D eigenvalue weighted by atomic mass is 10.0. The average Bonchev–Trinajstić information content (AvgIpc) is 2.55. The maximum atomic E-state index is 12.2. The molecule has 1 aromatic rings. The van der Waals surface area contributed by atoms with E-state index in [-0.39, 0.29) is 11.7 Å². The van der Waals surface area contributed by atoms with Crippen molar-refractivity contribution in [3.05, 3.63) is 48.6 Å². The van der Waals surface area contributed by atoms with E-state index in [9.17, 15) is 9.59 Å². The standard InChI is InChI=1S/C16H21NO2.C2H4/c1-2-3-4-13-5-7-14(8-6-13)16(19)17-11-9-15(18)10-12-17;1-2/h5-8H,2-4,9-12H2,1H3;1-2H2. The Kier molecular flexibility index (Phi) is 7.44. The van der Waals surface area contributed by atoms with Crippen molar-refractivity contribution in [1.29, 1.82) is 0 Å². The van der Waals surface area contributed by atoms with Crippen molar-refractivity contribution in [1.82, 2.24) is 4.90 Å². The van der Waals surface area contributed by atoms with E-state index >= 15 is 0 Å². The van der Waals surface area contributed by atoms with Gasteiger partial charge >= 0.3 is 0 Å². The third kappa shape index (κ3) is 5.18. The second-order valence-electron chi connectivity index (χ2n) is 5.13. The molecule has 2 rings (SSSR count). The van der Waals surface area contributed by atoms with Crippen LogP contribution in [0.25, 0.3) is 0 Å². The first-order valence-corrected chi connectivity index (χ1v) is 7.60. The van der Waals surface area contributed by atoms with E-state index in [1.54, 1.807) is 4.90 Å². The van der Waals surface area contributed by atoms with Gasteiger partial charge in [-0.3, -0.25) is 9.59 Å². The SMILES string of the molecule is C=C.CCCCc1ccc(C(=O)N2CCC(=O)CC2)cc1. The average molecular weight is 287 g/mol. The predicted molar refractivity (Wildman–Crippen MR) is 86.5 cm³/mol. The van der Waals surface area contributed by atoms with Gasteiger partial charge in [-0.15, -0.1) is 13.2 Å². The molecule has 1 aromatic carbocycles. The fourth-order valence-electron chi connectivity index (χ4n) is 2.34. The monoisotopic (exact) mass is 287 g/mol. The van der Waals surface area contributed by atoms with Gasteiger partial charge in [0.05, 0.1) is 0 Å². The van der Waals surface area contributed by atoms with Gasteiger partial charge in [-0.25, -0.2) is 0 Å². The number of aryl methyl sites for hydroxylation is 1. The molecule has 0 aliphatic carbocycles. The minimum atomic E-state index is 0.0505. The van der Waals surface area contributed by atoms with Crippen LogP contribution in [0.5, 0.6) is 0 Å². The minimum Gasteiger partial charge on any atom is -0.338 e. The summed E-state index contributed by atoms with van der Waals surface area (Å²) < 4.78 is 0. The van der Waals surface area contributed by atoms with E-state index in [0.29, 0.717) is 25.9 Å². The summed E-state index contributed by atoms with van der Waals surface area (Å²) in [6, 6.07) is 7.89. The Morgan fingerprint density at radius 1 is 1.14 bits per heavy atom. The fraction of sp³-hybridized carbons (Fsp3) is 0.444. The lowest BCUT2D eigenvalue weighted by Gasteiger charge is -2.26. The molecule has 21 heavy (non-hydrogen) atoms.